The fourth-order valence-electron chi connectivity index (χ4n) is 1.39. The van der Waals surface area contributed by atoms with Crippen LogP contribution in [0.3, 0.4) is 0 Å². The van der Waals surface area contributed by atoms with Crippen molar-refractivity contribution in [3.05, 3.63) is 42.2 Å². The van der Waals surface area contributed by atoms with Crippen LogP contribution in [0.5, 0.6) is 5.75 Å². The number of hydrogen-bond donors (Lipinski definition) is 1. The van der Waals surface area contributed by atoms with Crippen molar-refractivity contribution in [1.82, 2.24) is 5.16 Å². The van der Waals surface area contributed by atoms with Gasteiger partial charge >= 0.3 is 0 Å². The van der Waals surface area contributed by atoms with E-state index in [1.54, 1.807) is 30.3 Å². The maximum atomic E-state index is 11.8. The van der Waals surface area contributed by atoms with E-state index >= 15 is 0 Å². The van der Waals surface area contributed by atoms with E-state index in [9.17, 15) is 4.79 Å². The minimum Gasteiger partial charge on any atom is -0.494 e. The Labute approximate surface area is 105 Å². The van der Waals surface area contributed by atoms with Crippen LogP contribution >= 0.6 is 0 Å². The molecule has 1 aromatic heterocycles. The summed E-state index contributed by atoms with van der Waals surface area (Å²) in [5, 5.41) is 6.22. The smallest absolute Gasteiger partial charge is 0.256 e. The van der Waals surface area contributed by atoms with Crippen molar-refractivity contribution in [1.29, 1.82) is 0 Å². The second kappa shape index (κ2) is 5.86. The number of rotatable bonds is 5. The summed E-state index contributed by atoms with van der Waals surface area (Å²) in [4.78, 5) is 11.8. The normalized spacial score (nSPS) is 10.1. The lowest BCUT2D eigenvalue weighted by Crippen LogP contribution is -2.11. The Morgan fingerprint density at radius 2 is 2.11 bits per heavy atom. The molecule has 1 amide bonds. The third-order valence-electron chi connectivity index (χ3n) is 2.27. The molecule has 1 N–H and O–H groups in total. The fourth-order valence-corrected chi connectivity index (χ4v) is 1.39. The van der Waals surface area contributed by atoms with E-state index in [4.69, 9.17) is 4.74 Å². The first-order valence-corrected chi connectivity index (χ1v) is 5.74. The third kappa shape index (κ3) is 3.10. The highest BCUT2D eigenvalue weighted by atomic mass is 16.5. The molecule has 5 heteroatoms. The number of amides is 1. The first-order chi connectivity index (χ1) is 8.79. The van der Waals surface area contributed by atoms with Crippen LogP contribution in [0, 0.1) is 0 Å². The minimum atomic E-state index is -0.231. The molecular formula is C13H14N2O3. The van der Waals surface area contributed by atoms with Crippen LogP contribution in [-0.4, -0.2) is 17.7 Å². The molecule has 0 fully saturated rings. The van der Waals surface area contributed by atoms with E-state index < -0.39 is 0 Å². The zero-order valence-electron chi connectivity index (χ0n) is 10.1. The Morgan fingerprint density at radius 1 is 1.33 bits per heavy atom. The number of carbonyl (C=O) groups is 1. The molecule has 0 saturated carbocycles. The van der Waals surface area contributed by atoms with E-state index in [-0.39, 0.29) is 5.91 Å². The summed E-state index contributed by atoms with van der Waals surface area (Å²) >= 11 is 0. The lowest BCUT2D eigenvalue weighted by atomic mass is 10.2. The molecule has 0 aliphatic rings. The van der Waals surface area contributed by atoms with Crippen LogP contribution in [0.2, 0.25) is 0 Å². The molecule has 0 spiro atoms. The summed E-state index contributed by atoms with van der Waals surface area (Å²) in [6.45, 7) is 2.71. The van der Waals surface area contributed by atoms with E-state index in [0.29, 0.717) is 18.0 Å². The van der Waals surface area contributed by atoms with E-state index in [1.807, 2.05) is 6.92 Å². The van der Waals surface area contributed by atoms with Gasteiger partial charge in [-0.25, -0.2) is 0 Å². The first-order valence-electron chi connectivity index (χ1n) is 5.74. The maximum absolute atomic E-state index is 11.8. The third-order valence-corrected chi connectivity index (χ3v) is 2.27. The summed E-state index contributed by atoms with van der Waals surface area (Å²) in [6.07, 6.45) is 2.35. The number of nitrogens with one attached hydrogen (secondary N) is 1. The molecule has 0 unspecified atom stereocenters. The topological polar surface area (TPSA) is 64.4 Å². The van der Waals surface area contributed by atoms with Gasteiger partial charge in [-0.3, -0.25) is 4.79 Å². The number of hydrogen-bond acceptors (Lipinski definition) is 4. The summed E-state index contributed by atoms with van der Waals surface area (Å²) < 4.78 is 10.1. The van der Waals surface area contributed by atoms with Crippen molar-refractivity contribution in [3.63, 3.8) is 0 Å². The van der Waals surface area contributed by atoms with Crippen LogP contribution in [0.25, 0.3) is 0 Å². The molecule has 5 nitrogen and oxygen atoms in total. The van der Waals surface area contributed by atoms with Crippen molar-refractivity contribution < 1.29 is 14.1 Å². The van der Waals surface area contributed by atoms with Crippen LogP contribution in [-0.2, 0) is 0 Å². The van der Waals surface area contributed by atoms with Gasteiger partial charge in [0, 0.05) is 11.6 Å². The van der Waals surface area contributed by atoms with Crippen molar-refractivity contribution >= 4 is 11.7 Å². The second-order valence-electron chi connectivity index (χ2n) is 3.71. The summed E-state index contributed by atoms with van der Waals surface area (Å²) in [6, 6.07) is 8.54. The van der Waals surface area contributed by atoms with Crippen LogP contribution < -0.4 is 10.1 Å². The number of aromatic nitrogens is 1. The van der Waals surface area contributed by atoms with Gasteiger partial charge < -0.3 is 14.6 Å². The second-order valence-corrected chi connectivity index (χ2v) is 3.71. The molecule has 18 heavy (non-hydrogen) atoms. The predicted molar refractivity (Wildman–Crippen MR) is 66.7 cm³/mol. The predicted octanol–water partition coefficient (Wildman–Crippen LogP) is 2.72. The average Bonchev–Trinajstić information content (AvgIpc) is 2.89. The van der Waals surface area contributed by atoms with Gasteiger partial charge in [-0.05, 0) is 30.7 Å². The van der Waals surface area contributed by atoms with Gasteiger partial charge in [-0.15, -0.1) is 0 Å². The molecular weight excluding hydrogens is 232 g/mol. The van der Waals surface area contributed by atoms with E-state index in [2.05, 4.69) is 15.0 Å². The average molecular weight is 246 g/mol. The standard InChI is InChI=1S/C13H14N2O3/c1-2-8-17-11-5-3-10(4-6-11)13(16)14-12-7-9-18-15-12/h3-7,9H,2,8H2,1H3,(H,14,15,16). The van der Waals surface area contributed by atoms with Gasteiger partial charge in [0.2, 0.25) is 0 Å². The maximum Gasteiger partial charge on any atom is 0.256 e. The molecule has 0 aliphatic heterocycles. The minimum absolute atomic E-state index is 0.231. The highest BCUT2D eigenvalue weighted by molar-refractivity contribution is 6.03. The van der Waals surface area contributed by atoms with Gasteiger partial charge in [0.15, 0.2) is 5.82 Å². The first kappa shape index (κ1) is 12.2. The zero-order chi connectivity index (χ0) is 12.8. The fraction of sp³-hybridized carbons (Fsp3) is 0.231. The molecule has 2 aromatic rings. The number of benzene rings is 1. The summed E-state index contributed by atoms with van der Waals surface area (Å²) in [5.74, 6) is 0.923. The van der Waals surface area contributed by atoms with E-state index in [1.165, 1.54) is 6.26 Å². The van der Waals surface area contributed by atoms with Crippen LogP contribution in [0.4, 0.5) is 5.82 Å². The van der Waals surface area contributed by atoms with E-state index in [0.717, 1.165) is 12.2 Å². The highest BCUT2D eigenvalue weighted by Crippen LogP contribution is 2.13. The largest absolute Gasteiger partial charge is 0.494 e. The summed E-state index contributed by atoms with van der Waals surface area (Å²) in [5.41, 5.74) is 0.543. The molecule has 0 radical (unpaired) electrons. The Kier molecular flexibility index (Phi) is 3.96. The number of nitrogens with zero attached hydrogens (tertiary/aromatic N) is 1. The van der Waals surface area contributed by atoms with Crippen molar-refractivity contribution in [3.8, 4) is 5.75 Å². The monoisotopic (exact) mass is 246 g/mol. The summed E-state index contributed by atoms with van der Waals surface area (Å²) in [7, 11) is 0. The lowest BCUT2D eigenvalue weighted by Gasteiger charge is -2.05. The van der Waals surface area contributed by atoms with Crippen LogP contribution in [0.15, 0.2) is 41.1 Å². The highest BCUT2D eigenvalue weighted by Gasteiger charge is 2.07. The van der Waals surface area contributed by atoms with Gasteiger partial charge in [-0.2, -0.15) is 0 Å². The Balaban J connectivity index is 1.98. The van der Waals surface area contributed by atoms with Crippen molar-refractivity contribution in [2.24, 2.45) is 0 Å². The van der Waals surface area contributed by atoms with Gasteiger partial charge in [-0.1, -0.05) is 12.1 Å². The van der Waals surface area contributed by atoms with Gasteiger partial charge in [0.05, 0.1) is 6.61 Å². The van der Waals surface area contributed by atoms with Crippen molar-refractivity contribution in [2.45, 2.75) is 13.3 Å². The molecule has 94 valence electrons. The lowest BCUT2D eigenvalue weighted by molar-refractivity contribution is 0.102. The molecule has 0 saturated heterocycles. The quantitative estimate of drug-likeness (QED) is 0.881. The van der Waals surface area contributed by atoms with Gasteiger partial charge in [0.1, 0.15) is 12.0 Å². The number of carbonyl (C=O) groups excluding carboxylic acids is 1. The number of ether oxygens (including phenoxy) is 1. The molecule has 0 aliphatic carbocycles. The Morgan fingerprint density at radius 3 is 2.72 bits per heavy atom. The molecule has 2 rings (SSSR count). The van der Waals surface area contributed by atoms with Gasteiger partial charge in [0.25, 0.3) is 5.91 Å². The Bertz CT molecular complexity index is 491. The zero-order valence-corrected chi connectivity index (χ0v) is 10.1. The SMILES string of the molecule is CCCOc1ccc(C(=O)Nc2ccon2)cc1. The molecule has 0 atom stereocenters. The number of anilines is 1. The molecule has 0 bridgehead atoms. The van der Waals surface area contributed by atoms with Crippen LogP contribution in [0.1, 0.15) is 23.7 Å². The van der Waals surface area contributed by atoms with Crippen molar-refractivity contribution in [2.75, 3.05) is 11.9 Å². The Hall–Kier alpha value is -2.30. The molecule has 1 heterocycles. The molecule has 1 aromatic carbocycles.